The van der Waals surface area contributed by atoms with Gasteiger partial charge in [0.25, 0.3) is 0 Å². The van der Waals surface area contributed by atoms with Crippen LogP contribution in [0.1, 0.15) is 37.7 Å². The van der Waals surface area contributed by atoms with Crippen LogP contribution in [0.15, 0.2) is 12.3 Å². The molecule has 0 N–H and O–H groups in total. The molecule has 0 spiro atoms. The molecule has 0 atom stereocenters. The molecule has 0 aliphatic rings. The lowest BCUT2D eigenvalue weighted by Crippen LogP contribution is -2.09. The molecule has 1 aromatic heterocycles. The molecule has 0 bridgehead atoms. The fraction of sp³-hybridized carbons (Fsp3) is 0.417. The molecule has 0 aliphatic carbocycles. The highest BCUT2D eigenvalue weighted by atomic mass is 16.6. The lowest BCUT2D eigenvalue weighted by atomic mass is 10.3. The molecule has 0 saturated carbocycles. The van der Waals surface area contributed by atoms with E-state index in [1.807, 2.05) is 13.8 Å². The summed E-state index contributed by atoms with van der Waals surface area (Å²) in [6, 6.07) is 1.52. The minimum absolute atomic E-state index is 0.0520. The number of aldehydes is 1. The van der Waals surface area contributed by atoms with E-state index in [9.17, 15) is 9.59 Å². The first-order valence-corrected chi connectivity index (χ1v) is 5.41. The number of carbonyl (C=O) groups is 2. The van der Waals surface area contributed by atoms with Crippen LogP contribution in [0.3, 0.4) is 0 Å². The Bertz CT molecular complexity index is 377. The molecule has 1 heterocycles. The van der Waals surface area contributed by atoms with Gasteiger partial charge in [-0.1, -0.05) is 20.8 Å². The van der Waals surface area contributed by atoms with Gasteiger partial charge in [0.05, 0.1) is 7.11 Å². The number of esters is 1. The van der Waals surface area contributed by atoms with Crippen molar-refractivity contribution in [1.82, 2.24) is 4.98 Å². The van der Waals surface area contributed by atoms with Crippen molar-refractivity contribution in [1.29, 1.82) is 0 Å². The van der Waals surface area contributed by atoms with Crippen molar-refractivity contribution in [2.24, 2.45) is 0 Å². The summed E-state index contributed by atoms with van der Waals surface area (Å²) in [5.41, 5.74) is 0.0520. The molecule has 0 aromatic carbocycles. The lowest BCUT2D eigenvalue weighted by Gasteiger charge is -2.09. The van der Waals surface area contributed by atoms with Crippen LogP contribution in [0.5, 0.6) is 11.5 Å². The SMILES string of the molecule is CC.CCC(=O)Oc1c(OC)ccnc1C=O. The summed E-state index contributed by atoms with van der Waals surface area (Å²) >= 11 is 0. The zero-order valence-corrected chi connectivity index (χ0v) is 10.5. The first-order chi connectivity index (χ1) is 8.22. The number of rotatable bonds is 4. The number of aromatic nitrogens is 1. The summed E-state index contributed by atoms with van der Waals surface area (Å²) in [4.78, 5) is 25.5. The monoisotopic (exact) mass is 239 g/mol. The van der Waals surface area contributed by atoms with Crippen LogP contribution in [-0.4, -0.2) is 24.3 Å². The highest BCUT2D eigenvalue weighted by Gasteiger charge is 2.14. The van der Waals surface area contributed by atoms with Gasteiger partial charge in [-0.25, -0.2) is 4.98 Å². The number of methoxy groups -OCH3 is 1. The molecular weight excluding hydrogens is 222 g/mol. The lowest BCUT2D eigenvalue weighted by molar-refractivity contribution is -0.134. The minimum atomic E-state index is -0.440. The van der Waals surface area contributed by atoms with Crippen LogP contribution in [0.4, 0.5) is 0 Å². The second kappa shape index (κ2) is 8.27. The van der Waals surface area contributed by atoms with Crippen LogP contribution in [0.25, 0.3) is 0 Å². The maximum absolute atomic E-state index is 11.1. The highest BCUT2D eigenvalue weighted by Crippen LogP contribution is 2.28. The van der Waals surface area contributed by atoms with Gasteiger partial charge in [0.1, 0.15) is 5.69 Å². The van der Waals surface area contributed by atoms with E-state index in [0.717, 1.165) is 0 Å². The first kappa shape index (κ1) is 15.1. The van der Waals surface area contributed by atoms with Gasteiger partial charge in [-0.05, 0) is 0 Å². The molecule has 1 rings (SSSR count). The van der Waals surface area contributed by atoms with Crippen molar-refractivity contribution in [3.63, 3.8) is 0 Å². The Kier molecular flexibility index (Phi) is 7.34. The molecule has 94 valence electrons. The summed E-state index contributed by atoms with van der Waals surface area (Å²) in [5, 5.41) is 0. The molecule has 0 aliphatic heterocycles. The summed E-state index contributed by atoms with van der Waals surface area (Å²) in [7, 11) is 1.42. The van der Waals surface area contributed by atoms with E-state index in [0.29, 0.717) is 12.0 Å². The minimum Gasteiger partial charge on any atom is -0.493 e. The van der Waals surface area contributed by atoms with Crippen LogP contribution >= 0.6 is 0 Å². The van der Waals surface area contributed by atoms with Gasteiger partial charge in [0.2, 0.25) is 5.75 Å². The van der Waals surface area contributed by atoms with E-state index in [1.54, 1.807) is 6.92 Å². The van der Waals surface area contributed by atoms with Gasteiger partial charge in [0.15, 0.2) is 12.0 Å². The van der Waals surface area contributed by atoms with Gasteiger partial charge in [0, 0.05) is 18.7 Å². The molecule has 5 heteroatoms. The van der Waals surface area contributed by atoms with Crippen molar-refractivity contribution >= 4 is 12.3 Å². The van der Waals surface area contributed by atoms with E-state index >= 15 is 0 Å². The maximum Gasteiger partial charge on any atom is 0.311 e. The molecule has 0 unspecified atom stereocenters. The van der Waals surface area contributed by atoms with E-state index in [1.165, 1.54) is 19.4 Å². The van der Waals surface area contributed by atoms with Gasteiger partial charge in [-0.15, -0.1) is 0 Å². The fourth-order valence-corrected chi connectivity index (χ4v) is 0.979. The van der Waals surface area contributed by atoms with E-state index < -0.39 is 5.97 Å². The van der Waals surface area contributed by atoms with Gasteiger partial charge in [-0.2, -0.15) is 0 Å². The second-order valence-electron chi connectivity index (χ2n) is 2.67. The molecule has 1 aromatic rings. The fourth-order valence-electron chi connectivity index (χ4n) is 0.979. The number of pyridine rings is 1. The van der Waals surface area contributed by atoms with E-state index in [2.05, 4.69) is 4.98 Å². The average molecular weight is 239 g/mol. The third-order valence-electron chi connectivity index (χ3n) is 1.73. The average Bonchev–Trinajstić information content (AvgIpc) is 2.41. The summed E-state index contributed by atoms with van der Waals surface area (Å²) in [5.74, 6) is -0.0554. The zero-order valence-electron chi connectivity index (χ0n) is 10.5. The molecule has 0 saturated heterocycles. The van der Waals surface area contributed by atoms with Crippen LogP contribution in [0, 0.1) is 0 Å². The molecule has 0 fully saturated rings. The van der Waals surface area contributed by atoms with Gasteiger partial charge in [-0.3, -0.25) is 9.59 Å². The van der Waals surface area contributed by atoms with E-state index in [4.69, 9.17) is 9.47 Å². The number of hydrogen-bond acceptors (Lipinski definition) is 5. The van der Waals surface area contributed by atoms with Crippen molar-refractivity contribution < 1.29 is 19.1 Å². The largest absolute Gasteiger partial charge is 0.493 e. The molecule has 0 radical (unpaired) electrons. The number of hydrogen-bond donors (Lipinski definition) is 0. The van der Waals surface area contributed by atoms with Gasteiger partial charge >= 0.3 is 5.97 Å². The predicted molar refractivity (Wildman–Crippen MR) is 63.5 cm³/mol. The smallest absolute Gasteiger partial charge is 0.311 e. The highest BCUT2D eigenvalue weighted by molar-refractivity contribution is 5.82. The molecule has 0 amide bonds. The number of ether oxygens (including phenoxy) is 2. The quantitative estimate of drug-likeness (QED) is 0.595. The first-order valence-electron chi connectivity index (χ1n) is 5.41. The van der Waals surface area contributed by atoms with Crippen molar-refractivity contribution in [2.45, 2.75) is 27.2 Å². The third kappa shape index (κ3) is 4.22. The Labute approximate surface area is 101 Å². The Balaban J connectivity index is 0.00000121. The summed E-state index contributed by atoms with van der Waals surface area (Å²) in [6.07, 6.45) is 2.14. The number of carbonyl (C=O) groups excluding carboxylic acids is 2. The zero-order chi connectivity index (χ0) is 13.3. The number of nitrogens with zero attached hydrogens (tertiary/aromatic N) is 1. The topological polar surface area (TPSA) is 65.5 Å². The Hall–Kier alpha value is -1.91. The standard InChI is InChI=1S/C10H11NO4.C2H6/c1-3-9(13)15-10-7(6-12)11-5-4-8(10)14-2;1-2/h4-6H,3H2,1-2H3;1-2H3. The Morgan fingerprint density at radius 1 is 1.47 bits per heavy atom. The van der Waals surface area contributed by atoms with Crippen molar-refractivity contribution in [2.75, 3.05) is 7.11 Å². The molecule has 5 nitrogen and oxygen atoms in total. The van der Waals surface area contributed by atoms with Crippen LogP contribution in [-0.2, 0) is 4.79 Å². The molecule has 17 heavy (non-hydrogen) atoms. The van der Waals surface area contributed by atoms with Crippen molar-refractivity contribution in [3.8, 4) is 11.5 Å². The van der Waals surface area contributed by atoms with Crippen LogP contribution < -0.4 is 9.47 Å². The predicted octanol–water partition coefficient (Wildman–Crippen LogP) is 2.24. The third-order valence-corrected chi connectivity index (χ3v) is 1.73. The Morgan fingerprint density at radius 3 is 2.59 bits per heavy atom. The normalized spacial score (nSPS) is 8.71. The maximum atomic E-state index is 11.1. The Morgan fingerprint density at radius 2 is 2.12 bits per heavy atom. The molecular formula is C12H17NO4. The van der Waals surface area contributed by atoms with Crippen molar-refractivity contribution in [3.05, 3.63) is 18.0 Å². The summed E-state index contributed by atoms with van der Waals surface area (Å²) < 4.78 is 9.91. The van der Waals surface area contributed by atoms with Gasteiger partial charge < -0.3 is 9.47 Å². The second-order valence-corrected chi connectivity index (χ2v) is 2.67. The van der Waals surface area contributed by atoms with Crippen LogP contribution in [0.2, 0.25) is 0 Å². The summed E-state index contributed by atoms with van der Waals surface area (Å²) in [6.45, 7) is 5.66. The van der Waals surface area contributed by atoms with E-state index in [-0.39, 0.29) is 17.9 Å².